The fourth-order valence-electron chi connectivity index (χ4n) is 1.43. The molecule has 0 aromatic carbocycles. The molecule has 0 aliphatic rings. The van der Waals surface area contributed by atoms with Gasteiger partial charge in [0.05, 0.1) is 12.5 Å². The average molecular weight is 300 g/mol. The molecule has 0 spiro atoms. The molecule has 110 valence electrons. The number of nitrogens with two attached hydrogens (primary N) is 1. The standard InChI is InChI=1S/C11H16N4O4S/c1-5-4-20-9(13-5)6(2)14-11(19)15-7(10(17)18)3-8(12)16/h4,6-7H,3H2,1-2H3,(H2,12,16)(H,17,18)(H2,14,15,19)/t6?,7-/m0/s1. The van der Waals surface area contributed by atoms with E-state index >= 15 is 0 Å². The number of amides is 3. The molecule has 1 aromatic heterocycles. The van der Waals surface area contributed by atoms with Crippen molar-refractivity contribution in [2.75, 3.05) is 0 Å². The summed E-state index contributed by atoms with van der Waals surface area (Å²) in [6, 6.07) is -2.41. The first-order valence-electron chi connectivity index (χ1n) is 5.79. The highest BCUT2D eigenvalue weighted by atomic mass is 32.1. The summed E-state index contributed by atoms with van der Waals surface area (Å²) in [4.78, 5) is 37.5. The molecule has 20 heavy (non-hydrogen) atoms. The van der Waals surface area contributed by atoms with Crippen LogP contribution in [0.2, 0.25) is 0 Å². The molecule has 0 bridgehead atoms. The number of hydrogen-bond acceptors (Lipinski definition) is 5. The number of carboxylic acid groups (broad SMARTS) is 1. The highest BCUT2D eigenvalue weighted by Gasteiger charge is 2.23. The molecule has 0 aliphatic heterocycles. The summed E-state index contributed by atoms with van der Waals surface area (Å²) in [6.07, 6.45) is -0.465. The predicted octanol–water partition coefficient (Wildman–Crippen LogP) is 0.140. The number of hydrogen-bond donors (Lipinski definition) is 4. The van der Waals surface area contributed by atoms with Crippen molar-refractivity contribution in [3.63, 3.8) is 0 Å². The molecule has 1 rings (SSSR count). The maximum Gasteiger partial charge on any atom is 0.326 e. The third-order valence-electron chi connectivity index (χ3n) is 2.36. The van der Waals surface area contributed by atoms with Crippen molar-refractivity contribution >= 4 is 29.2 Å². The number of rotatable bonds is 6. The zero-order chi connectivity index (χ0) is 15.3. The third-order valence-corrected chi connectivity index (χ3v) is 3.51. The van der Waals surface area contributed by atoms with Crippen molar-refractivity contribution in [3.8, 4) is 0 Å². The second-order valence-corrected chi connectivity index (χ2v) is 5.12. The Morgan fingerprint density at radius 2 is 2.10 bits per heavy atom. The van der Waals surface area contributed by atoms with Gasteiger partial charge < -0.3 is 21.5 Å². The van der Waals surface area contributed by atoms with Crippen molar-refractivity contribution in [1.82, 2.24) is 15.6 Å². The number of aromatic nitrogens is 1. The van der Waals surface area contributed by atoms with Crippen molar-refractivity contribution < 1.29 is 19.5 Å². The van der Waals surface area contributed by atoms with E-state index in [-0.39, 0.29) is 6.04 Å². The van der Waals surface area contributed by atoms with Crippen LogP contribution in [0.25, 0.3) is 0 Å². The van der Waals surface area contributed by atoms with Crippen molar-refractivity contribution in [2.24, 2.45) is 5.73 Å². The normalized spacial score (nSPS) is 13.3. The highest BCUT2D eigenvalue weighted by Crippen LogP contribution is 2.17. The first-order chi connectivity index (χ1) is 9.29. The Bertz CT molecular complexity index is 516. The fraction of sp³-hybridized carbons (Fsp3) is 0.455. The maximum absolute atomic E-state index is 11.7. The van der Waals surface area contributed by atoms with Gasteiger partial charge in [0.2, 0.25) is 5.91 Å². The Morgan fingerprint density at radius 1 is 1.45 bits per heavy atom. The minimum atomic E-state index is -1.35. The van der Waals surface area contributed by atoms with Crippen LogP contribution in [0.3, 0.4) is 0 Å². The lowest BCUT2D eigenvalue weighted by atomic mass is 10.2. The number of primary amides is 1. The zero-order valence-corrected chi connectivity index (χ0v) is 11.9. The summed E-state index contributed by atoms with van der Waals surface area (Å²) < 4.78 is 0. The van der Waals surface area contributed by atoms with Gasteiger partial charge in [-0.2, -0.15) is 0 Å². The topological polar surface area (TPSA) is 134 Å². The summed E-state index contributed by atoms with van der Waals surface area (Å²) in [5, 5.41) is 16.2. The number of urea groups is 1. The number of aliphatic carboxylic acids is 1. The molecular formula is C11H16N4O4S. The Balaban J connectivity index is 2.57. The van der Waals surface area contributed by atoms with Gasteiger partial charge in [-0.1, -0.05) is 0 Å². The Kier molecular flexibility index (Phi) is 5.44. The first kappa shape index (κ1) is 15.9. The van der Waals surface area contributed by atoms with E-state index in [0.29, 0.717) is 5.01 Å². The smallest absolute Gasteiger partial charge is 0.326 e. The Labute approximate surface area is 119 Å². The molecule has 0 aliphatic carbocycles. The molecule has 1 heterocycles. The van der Waals surface area contributed by atoms with Crippen molar-refractivity contribution in [1.29, 1.82) is 0 Å². The van der Waals surface area contributed by atoms with Crippen LogP contribution >= 0.6 is 11.3 Å². The molecule has 1 unspecified atom stereocenters. The van der Waals surface area contributed by atoms with Crippen LogP contribution in [-0.2, 0) is 9.59 Å². The van der Waals surface area contributed by atoms with E-state index < -0.39 is 30.4 Å². The van der Waals surface area contributed by atoms with Crippen LogP contribution < -0.4 is 16.4 Å². The Hall–Kier alpha value is -2.16. The molecule has 0 fully saturated rings. The van der Waals surface area contributed by atoms with Crippen LogP contribution in [0.4, 0.5) is 4.79 Å². The van der Waals surface area contributed by atoms with E-state index in [1.807, 2.05) is 12.3 Å². The number of nitrogens with zero attached hydrogens (tertiary/aromatic N) is 1. The maximum atomic E-state index is 11.7. The van der Waals surface area contributed by atoms with Gasteiger partial charge in [0.15, 0.2) is 0 Å². The molecule has 0 saturated heterocycles. The monoisotopic (exact) mass is 300 g/mol. The van der Waals surface area contributed by atoms with E-state index in [1.54, 1.807) is 6.92 Å². The fourth-order valence-corrected chi connectivity index (χ4v) is 2.23. The summed E-state index contributed by atoms with van der Waals surface area (Å²) >= 11 is 1.39. The van der Waals surface area contributed by atoms with Crippen LogP contribution in [0.15, 0.2) is 5.38 Å². The lowest BCUT2D eigenvalue weighted by Crippen LogP contribution is -2.48. The van der Waals surface area contributed by atoms with Gasteiger partial charge >= 0.3 is 12.0 Å². The van der Waals surface area contributed by atoms with E-state index in [9.17, 15) is 14.4 Å². The molecule has 0 saturated carbocycles. The van der Waals surface area contributed by atoms with Gasteiger partial charge in [-0.3, -0.25) is 4.79 Å². The number of carboxylic acids is 1. The summed E-state index contributed by atoms with van der Waals surface area (Å²) in [5.74, 6) is -2.13. The largest absolute Gasteiger partial charge is 0.480 e. The zero-order valence-electron chi connectivity index (χ0n) is 11.0. The lowest BCUT2D eigenvalue weighted by molar-refractivity contribution is -0.140. The van der Waals surface area contributed by atoms with Gasteiger partial charge in [-0.15, -0.1) is 11.3 Å². The van der Waals surface area contributed by atoms with Gasteiger partial charge in [0, 0.05) is 11.1 Å². The van der Waals surface area contributed by atoms with Gasteiger partial charge in [-0.05, 0) is 13.8 Å². The summed E-state index contributed by atoms with van der Waals surface area (Å²) in [6.45, 7) is 3.56. The summed E-state index contributed by atoms with van der Waals surface area (Å²) in [5.41, 5.74) is 5.76. The van der Waals surface area contributed by atoms with Gasteiger partial charge in [0.1, 0.15) is 11.0 Å². The van der Waals surface area contributed by atoms with Gasteiger partial charge in [-0.25, -0.2) is 14.6 Å². The number of thiazole rings is 1. The average Bonchev–Trinajstić information content (AvgIpc) is 2.74. The van der Waals surface area contributed by atoms with Crippen LogP contribution in [0.5, 0.6) is 0 Å². The number of carbonyl (C=O) groups excluding carboxylic acids is 2. The second-order valence-electron chi connectivity index (χ2n) is 4.23. The first-order valence-corrected chi connectivity index (χ1v) is 6.67. The summed E-state index contributed by atoms with van der Waals surface area (Å²) in [7, 11) is 0. The van der Waals surface area contributed by atoms with Gasteiger partial charge in [0.25, 0.3) is 0 Å². The van der Waals surface area contributed by atoms with Crippen molar-refractivity contribution in [2.45, 2.75) is 32.4 Å². The molecule has 5 N–H and O–H groups in total. The Morgan fingerprint density at radius 3 is 2.55 bits per heavy atom. The molecule has 0 radical (unpaired) electrons. The predicted molar refractivity (Wildman–Crippen MR) is 72.2 cm³/mol. The number of nitrogens with one attached hydrogen (secondary N) is 2. The highest BCUT2D eigenvalue weighted by molar-refractivity contribution is 7.09. The van der Waals surface area contributed by atoms with E-state index in [0.717, 1.165) is 5.69 Å². The number of aryl methyl sites for hydroxylation is 1. The SMILES string of the molecule is Cc1csc(C(C)NC(=O)N[C@@H](CC(N)=O)C(=O)O)n1. The minimum absolute atomic E-state index is 0.364. The molecule has 2 atom stereocenters. The third kappa shape index (κ3) is 4.84. The molecular weight excluding hydrogens is 284 g/mol. The molecule has 3 amide bonds. The van der Waals surface area contributed by atoms with Crippen LogP contribution in [0.1, 0.15) is 30.1 Å². The quantitative estimate of drug-likeness (QED) is 0.592. The van der Waals surface area contributed by atoms with E-state index in [1.165, 1.54) is 11.3 Å². The molecule has 1 aromatic rings. The van der Waals surface area contributed by atoms with E-state index in [4.69, 9.17) is 10.8 Å². The molecule has 9 heteroatoms. The second kappa shape index (κ2) is 6.85. The lowest BCUT2D eigenvalue weighted by Gasteiger charge is -2.16. The van der Waals surface area contributed by atoms with Crippen molar-refractivity contribution in [3.05, 3.63) is 16.1 Å². The molecule has 8 nitrogen and oxygen atoms in total. The van der Waals surface area contributed by atoms with Crippen LogP contribution in [0, 0.1) is 6.92 Å². The van der Waals surface area contributed by atoms with E-state index in [2.05, 4.69) is 15.6 Å². The number of carbonyl (C=O) groups is 3. The minimum Gasteiger partial charge on any atom is -0.480 e. The van der Waals surface area contributed by atoms with Crippen LogP contribution in [-0.4, -0.2) is 34.0 Å².